The Morgan fingerprint density at radius 1 is 0.719 bits per heavy atom. The van der Waals surface area contributed by atoms with E-state index in [2.05, 4.69) is 26.8 Å². The topological polar surface area (TPSA) is 36.9 Å². The maximum atomic E-state index is 5.93. The fourth-order valence-corrected chi connectivity index (χ4v) is 3.15. The van der Waals surface area contributed by atoms with Crippen LogP contribution in [0.5, 0.6) is 11.5 Å². The highest BCUT2D eigenvalue weighted by Gasteiger charge is 2.03. The second-order valence-electron chi connectivity index (χ2n) is 8.16. The molecule has 4 heteroatoms. The third-order valence-electron chi connectivity index (χ3n) is 5.46. The minimum absolute atomic E-state index is 0.615. The number of rotatable bonds is 14. The van der Waals surface area contributed by atoms with Gasteiger partial charge in [0, 0.05) is 0 Å². The van der Waals surface area contributed by atoms with Crippen molar-refractivity contribution in [3.8, 4) is 11.5 Å². The first-order valence-corrected chi connectivity index (χ1v) is 11.2. The van der Waals surface area contributed by atoms with Gasteiger partial charge in [0.05, 0.1) is 40.6 Å². The van der Waals surface area contributed by atoms with Crippen LogP contribution in [0.1, 0.15) is 51.2 Å². The Kier molecular flexibility index (Phi) is 11.6. The van der Waals surface area contributed by atoms with E-state index in [1.807, 2.05) is 48.5 Å². The Bertz CT molecular complexity index is 844. The lowest BCUT2D eigenvalue weighted by Crippen LogP contribution is -2.00. The minimum atomic E-state index is 0.615. The third kappa shape index (κ3) is 9.71. The summed E-state index contributed by atoms with van der Waals surface area (Å²) < 4.78 is 22.2. The molecule has 4 nitrogen and oxygen atoms in total. The number of hydrogen-bond acceptors (Lipinski definition) is 4. The zero-order chi connectivity index (χ0) is 23.2. The first-order chi connectivity index (χ1) is 15.5. The van der Waals surface area contributed by atoms with Crippen LogP contribution in [-0.4, -0.2) is 27.4 Å². The molecule has 2 rings (SSSR count). The molecule has 0 aliphatic heterocycles. The van der Waals surface area contributed by atoms with Crippen molar-refractivity contribution < 1.29 is 18.9 Å². The van der Waals surface area contributed by atoms with Gasteiger partial charge in [-0.1, -0.05) is 47.1 Å². The second kappa shape index (κ2) is 14.5. The molecule has 0 saturated heterocycles. The first kappa shape index (κ1) is 25.7. The average molecular weight is 439 g/mol. The molecule has 0 amide bonds. The Hall–Kier alpha value is -2.56. The summed E-state index contributed by atoms with van der Waals surface area (Å²) in [7, 11) is 3.36. The molecule has 0 fully saturated rings. The van der Waals surface area contributed by atoms with Gasteiger partial charge in [-0.25, -0.2) is 0 Å². The predicted octanol–water partition coefficient (Wildman–Crippen LogP) is 6.89. The molecule has 32 heavy (non-hydrogen) atoms. The Morgan fingerprint density at radius 3 is 1.69 bits per heavy atom. The van der Waals surface area contributed by atoms with E-state index in [1.54, 1.807) is 14.2 Å². The van der Waals surface area contributed by atoms with Gasteiger partial charge in [-0.2, -0.15) is 0 Å². The van der Waals surface area contributed by atoms with Crippen LogP contribution < -0.4 is 9.47 Å². The molecule has 0 aromatic heterocycles. The summed E-state index contributed by atoms with van der Waals surface area (Å²) >= 11 is 0. The van der Waals surface area contributed by atoms with E-state index in [9.17, 15) is 0 Å². The zero-order valence-electron chi connectivity index (χ0n) is 20.3. The predicted molar refractivity (Wildman–Crippen MR) is 131 cm³/mol. The van der Waals surface area contributed by atoms with E-state index in [1.165, 1.54) is 16.7 Å². The molecule has 174 valence electrons. The Balaban J connectivity index is 1.78. The largest absolute Gasteiger partial charge is 0.497 e. The van der Waals surface area contributed by atoms with Crippen LogP contribution in [0.4, 0.5) is 0 Å². The molecule has 2 aromatic carbocycles. The highest BCUT2D eigenvalue weighted by atomic mass is 16.5. The van der Waals surface area contributed by atoms with Crippen LogP contribution in [0.2, 0.25) is 0 Å². The summed E-state index contributed by atoms with van der Waals surface area (Å²) in [6, 6.07) is 16.0. The maximum Gasteiger partial charge on any atom is 0.118 e. The summed E-state index contributed by atoms with van der Waals surface area (Å²) in [6.45, 7) is 9.20. The molecular weight excluding hydrogens is 400 g/mol. The number of hydrogen-bond donors (Lipinski definition) is 0. The quantitative estimate of drug-likeness (QED) is 0.238. The van der Waals surface area contributed by atoms with E-state index in [4.69, 9.17) is 18.9 Å². The van der Waals surface area contributed by atoms with Crippen molar-refractivity contribution in [3.63, 3.8) is 0 Å². The third-order valence-corrected chi connectivity index (χ3v) is 5.46. The Labute approximate surface area is 193 Å². The van der Waals surface area contributed by atoms with Gasteiger partial charge in [-0.15, -0.1) is 0 Å². The Morgan fingerprint density at radius 2 is 1.22 bits per heavy atom. The van der Waals surface area contributed by atoms with Crippen molar-refractivity contribution in [1.29, 1.82) is 0 Å². The smallest absolute Gasteiger partial charge is 0.118 e. The van der Waals surface area contributed by atoms with Crippen LogP contribution in [-0.2, 0) is 22.7 Å². The van der Waals surface area contributed by atoms with E-state index >= 15 is 0 Å². The van der Waals surface area contributed by atoms with Crippen molar-refractivity contribution in [1.82, 2.24) is 0 Å². The molecule has 0 N–H and O–H groups in total. The van der Waals surface area contributed by atoms with E-state index < -0.39 is 0 Å². The fourth-order valence-electron chi connectivity index (χ4n) is 3.15. The number of benzene rings is 2. The van der Waals surface area contributed by atoms with Crippen molar-refractivity contribution in [2.75, 3.05) is 27.4 Å². The van der Waals surface area contributed by atoms with Gasteiger partial charge in [0.2, 0.25) is 0 Å². The lowest BCUT2D eigenvalue weighted by molar-refractivity contribution is 0.121. The van der Waals surface area contributed by atoms with Crippen LogP contribution in [0.25, 0.3) is 0 Å². The minimum Gasteiger partial charge on any atom is -0.497 e. The highest BCUT2D eigenvalue weighted by Crippen LogP contribution is 2.19. The normalized spacial score (nSPS) is 11.3. The molecule has 0 atom stereocenters. The molecule has 2 aromatic rings. The van der Waals surface area contributed by atoms with Gasteiger partial charge in [0.15, 0.2) is 0 Å². The summed E-state index contributed by atoms with van der Waals surface area (Å²) in [5.74, 6) is 1.73. The lowest BCUT2D eigenvalue weighted by atomic mass is 10.00. The average Bonchev–Trinajstić information content (AvgIpc) is 2.82. The highest BCUT2D eigenvalue weighted by molar-refractivity contribution is 5.27. The molecule has 0 aliphatic carbocycles. The summed E-state index contributed by atoms with van der Waals surface area (Å²) in [5.41, 5.74) is 6.52. The molecule has 0 heterocycles. The van der Waals surface area contributed by atoms with Crippen LogP contribution in [0.15, 0.2) is 71.3 Å². The number of ether oxygens (including phenoxy) is 4. The second-order valence-corrected chi connectivity index (χ2v) is 8.16. The van der Waals surface area contributed by atoms with Crippen molar-refractivity contribution >= 4 is 0 Å². The summed E-state index contributed by atoms with van der Waals surface area (Å²) in [4.78, 5) is 0. The van der Waals surface area contributed by atoms with E-state index in [0.29, 0.717) is 26.4 Å². The lowest BCUT2D eigenvalue weighted by Gasteiger charge is -2.11. The van der Waals surface area contributed by atoms with Crippen molar-refractivity contribution in [2.45, 2.75) is 53.2 Å². The molecule has 0 radical (unpaired) electrons. The molecule has 0 spiro atoms. The van der Waals surface area contributed by atoms with Gasteiger partial charge < -0.3 is 18.9 Å². The van der Waals surface area contributed by atoms with Crippen LogP contribution in [0, 0.1) is 0 Å². The maximum absolute atomic E-state index is 5.93. The number of allylic oxidation sites excluding steroid dienone is 2. The summed E-state index contributed by atoms with van der Waals surface area (Å²) in [6.07, 6.45) is 5.14. The zero-order valence-corrected chi connectivity index (χ0v) is 20.3. The fraction of sp³-hybridized carbons (Fsp3) is 0.429. The van der Waals surface area contributed by atoms with Gasteiger partial charge in [0.1, 0.15) is 11.5 Å². The monoisotopic (exact) mass is 438 g/mol. The molecular formula is C28H38O4. The van der Waals surface area contributed by atoms with E-state index in [0.717, 1.165) is 41.9 Å². The first-order valence-electron chi connectivity index (χ1n) is 11.2. The van der Waals surface area contributed by atoms with Gasteiger partial charge in [0.25, 0.3) is 0 Å². The number of methoxy groups -OCH3 is 2. The van der Waals surface area contributed by atoms with Crippen LogP contribution >= 0.6 is 0 Å². The SMILES string of the molecule is COc1ccc(COCC/C=C(\CCOCc2ccc(OC)cc2)CC(C)=C(C)C)cc1. The molecule has 0 saturated carbocycles. The van der Waals surface area contributed by atoms with Gasteiger partial charge in [-0.05, 0) is 75.4 Å². The van der Waals surface area contributed by atoms with E-state index in [-0.39, 0.29) is 0 Å². The molecule has 0 aliphatic rings. The standard InChI is InChI=1S/C28H38O4/c1-22(2)23(3)19-24(16-18-32-21-26-10-14-28(30-5)15-11-26)7-6-17-31-20-25-8-12-27(29-4)13-9-25/h7-15H,6,16-21H2,1-5H3/b24-7+. The van der Waals surface area contributed by atoms with Gasteiger partial charge >= 0.3 is 0 Å². The van der Waals surface area contributed by atoms with Crippen molar-refractivity contribution in [2.24, 2.45) is 0 Å². The summed E-state index contributed by atoms with van der Waals surface area (Å²) in [5, 5.41) is 0. The van der Waals surface area contributed by atoms with Crippen molar-refractivity contribution in [3.05, 3.63) is 82.5 Å². The molecule has 0 unspecified atom stereocenters. The van der Waals surface area contributed by atoms with Crippen LogP contribution in [0.3, 0.4) is 0 Å². The van der Waals surface area contributed by atoms with Gasteiger partial charge in [-0.3, -0.25) is 0 Å². The molecule has 0 bridgehead atoms.